The molecule has 24 heavy (non-hydrogen) atoms. The highest BCUT2D eigenvalue weighted by atomic mass is 35.5. The fourth-order valence-electron chi connectivity index (χ4n) is 2.04. The summed E-state index contributed by atoms with van der Waals surface area (Å²) in [6.07, 6.45) is 0. The quantitative estimate of drug-likeness (QED) is 0.555. The van der Waals surface area contributed by atoms with Crippen LogP contribution in [0.1, 0.15) is 24.2 Å². The molecule has 6 nitrogen and oxygen atoms in total. The van der Waals surface area contributed by atoms with E-state index in [2.05, 4.69) is 16.0 Å². The molecule has 0 fully saturated rings. The summed E-state index contributed by atoms with van der Waals surface area (Å²) in [5.41, 5.74) is 0.471. The lowest BCUT2D eigenvalue weighted by molar-refractivity contribution is -0.123. The van der Waals surface area contributed by atoms with Crippen LogP contribution in [-0.4, -0.2) is 51.2 Å². The second kappa shape index (κ2) is 11.0. The molecule has 1 aromatic rings. The van der Waals surface area contributed by atoms with Crippen LogP contribution in [0, 0.1) is 5.92 Å². The summed E-state index contributed by atoms with van der Waals surface area (Å²) in [5.74, 6) is -0.512. The van der Waals surface area contributed by atoms with Crippen molar-refractivity contribution in [1.29, 1.82) is 0 Å². The summed E-state index contributed by atoms with van der Waals surface area (Å²) in [7, 11) is 1.64. The third kappa shape index (κ3) is 7.29. The van der Waals surface area contributed by atoms with Crippen LogP contribution < -0.4 is 16.0 Å². The van der Waals surface area contributed by atoms with Crippen LogP contribution in [0.3, 0.4) is 0 Å². The third-order valence-corrected chi connectivity index (χ3v) is 3.68. The second-order valence-corrected chi connectivity index (χ2v) is 6.17. The first-order valence-electron chi connectivity index (χ1n) is 7.99. The third-order valence-electron chi connectivity index (χ3n) is 3.43. The lowest BCUT2D eigenvalue weighted by Gasteiger charge is -2.22. The first kappa shape index (κ1) is 20.4. The van der Waals surface area contributed by atoms with Crippen molar-refractivity contribution in [2.24, 2.45) is 5.92 Å². The molecule has 0 saturated heterocycles. The zero-order valence-electron chi connectivity index (χ0n) is 14.4. The van der Waals surface area contributed by atoms with Crippen LogP contribution in [0.25, 0.3) is 0 Å². The van der Waals surface area contributed by atoms with E-state index < -0.39 is 6.04 Å². The van der Waals surface area contributed by atoms with Gasteiger partial charge in [0.05, 0.1) is 6.61 Å². The summed E-state index contributed by atoms with van der Waals surface area (Å²) in [6.45, 7) is 6.27. The van der Waals surface area contributed by atoms with Crippen LogP contribution in [0.5, 0.6) is 0 Å². The van der Waals surface area contributed by atoms with Gasteiger partial charge in [0, 0.05) is 37.3 Å². The Labute approximate surface area is 148 Å². The molecule has 0 aliphatic rings. The molecular formula is C17H26ClN3O3. The molecule has 0 aliphatic carbocycles. The SMILES string of the molecule is COCCNCCNC(=O)C(NC(=O)c1ccc(Cl)cc1)C(C)C. The Bertz CT molecular complexity index is 520. The number of rotatable bonds is 10. The largest absolute Gasteiger partial charge is 0.383 e. The topological polar surface area (TPSA) is 79.5 Å². The number of ether oxygens (including phenoxy) is 1. The maximum Gasteiger partial charge on any atom is 0.251 e. The van der Waals surface area contributed by atoms with Gasteiger partial charge in [0.1, 0.15) is 6.04 Å². The van der Waals surface area contributed by atoms with E-state index in [1.54, 1.807) is 31.4 Å². The van der Waals surface area contributed by atoms with Gasteiger partial charge in [-0.15, -0.1) is 0 Å². The van der Waals surface area contributed by atoms with Crippen LogP contribution in [0.2, 0.25) is 5.02 Å². The van der Waals surface area contributed by atoms with Gasteiger partial charge in [-0.25, -0.2) is 0 Å². The molecule has 1 aromatic carbocycles. The molecule has 0 radical (unpaired) electrons. The molecular weight excluding hydrogens is 330 g/mol. The van der Waals surface area contributed by atoms with Crippen LogP contribution >= 0.6 is 11.6 Å². The standard InChI is InChI=1S/C17H26ClN3O3/c1-12(2)15(17(23)20-9-8-19-10-11-24-3)21-16(22)13-4-6-14(18)7-5-13/h4-7,12,15,19H,8-11H2,1-3H3,(H,20,23)(H,21,22). The van der Waals surface area contributed by atoms with E-state index in [0.717, 1.165) is 6.54 Å². The Hall–Kier alpha value is -1.63. The van der Waals surface area contributed by atoms with Crippen molar-refractivity contribution in [1.82, 2.24) is 16.0 Å². The minimum absolute atomic E-state index is 0.0253. The number of amides is 2. The number of carbonyl (C=O) groups is 2. The number of carbonyl (C=O) groups excluding carboxylic acids is 2. The van der Waals surface area contributed by atoms with E-state index >= 15 is 0 Å². The Morgan fingerprint density at radius 1 is 1.12 bits per heavy atom. The van der Waals surface area contributed by atoms with Crippen LogP contribution in [0.4, 0.5) is 0 Å². The molecule has 2 amide bonds. The molecule has 7 heteroatoms. The fourth-order valence-corrected chi connectivity index (χ4v) is 2.17. The van der Waals surface area contributed by atoms with Gasteiger partial charge in [-0.2, -0.15) is 0 Å². The maximum atomic E-state index is 12.3. The normalized spacial score (nSPS) is 12.0. The summed E-state index contributed by atoms with van der Waals surface area (Å²) in [5, 5.41) is 9.31. The summed E-state index contributed by atoms with van der Waals surface area (Å²) in [4.78, 5) is 24.6. The first-order valence-corrected chi connectivity index (χ1v) is 8.37. The average Bonchev–Trinajstić information content (AvgIpc) is 2.55. The highest BCUT2D eigenvalue weighted by Gasteiger charge is 2.24. The maximum absolute atomic E-state index is 12.3. The molecule has 0 bridgehead atoms. The molecule has 0 spiro atoms. The van der Waals surface area contributed by atoms with Crippen molar-refractivity contribution in [3.63, 3.8) is 0 Å². The van der Waals surface area contributed by atoms with Gasteiger partial charge in [0.15, 0.2) is 0 Å². The first-order chi connectivity index (χ1) is 11.5. The summed E-state index contributed by atoms with van der Waals surface area (Å²) < 4.78 is 4.93. The summed E-state index contributed by atoms with van der Waals surface area (Å²) in [6, 6.07) is 5.96. The molecule has 0 aliphatic heterocycles. The Morgan fingerprint density at radius 3 is 2.38 bits per heavy atom. The van der Waals surface area contributed by atoms with Gasteiger partial charge >= 0.3 is 0 Å². The van der Waals surface area contributed by atoms with Gasteiger partial charge < -0.3 is 20.7 Å². The van der Waals surface area contributed by atoms with Gasteiger partial charge in [0.25, 0.3) is 5.91 Å². The van der Waals surface area contributed by atoms with E-state index in [9.17, 15) is 9.59 Å². The van der Waals surface area contributed by atoms with Gasteiger partial charge in [-0.1, -0.05) is 25.4 Å². The molecule has 1 atom stereocenters. The Balaban J connectivity index is 2.49. The number of hydrogen-bond acceptors (Lipinski definition) is 4. The Kier molecular flexibility index (Phi) is 9.37. The fraction of sp³-hybridized carbons (Fsp3) is 0.529. The minimum Gasteiger partial charge on any atom is -0.383 e. The zero-order valence-corrected chi connectivity index (χ0v) is 15.2. The molecule has 0 saturated carbocycles. The number of benzene rings is 1. The molecule has 1 unspecified atom stereocenters. The molecule has 0 heterocycles. The van der Waals surface area contributed by atoms with Crippen LogP contribution in [0.15, 0.2) is 24.3 Å². The zero-order chi connectivity index (χ0) is 17.9. The van der Waals surface area contributed by atoms with E-state index in [-0.39, 0.29) is 17.7 Å². The smallest absolute Gasteiger partial charge is 0.251 e. The number of halogens is 1. The number of hydrogen-bond donors (Lipinski definition) is 3. The lowest BCUT2D eigenvalue weighted by atomic mass is 10.0. The van der Waals surface area contributed by atoms with Crippen molar-refractivity contribution in [2.75, 3.05) is 33.4 Å². The number of nitrogens with one attached hydrogen (secondary N) is 3. The van der Waals surface area contributed by atoms with Crippen molar-refractivity contribution in [3.8, 4) is 0 Å². The monoisotopic (exact) mass is 355 g/mol. The lowest BCUT2D eigenvalue weighted by Crippen LogP contribution is -2.50. The van der Waals surface area contributed by atoms with Gasteiger partial charge in [-0.05, 0) is 30.2 Å². The van der Waals surface area contributed by atoms with Crippen molar-refractivity contribution in [3.05, 3.63) is 34.9 Å². The van der Waals surface area contributed by atoms with Gasteiger partial charge in [-0.3, -0.25) is 9.59 Å². The highest BCUT2D eigenvalue weighted by molar-refractivity contribution is 6.30. The second-order valence-electron chi connectivity index (χ2n) is 5.74. The predicted octanol–water partition coefficient (Wildman–Crippen LogP) is 1.45. The highest BCUT2D eigenvalue weighted by Crippen LogP contribution is 2.10. The van der Waals surface area contributed by atoms with Crippen molar-refractivity contribution >= 4 is 23.4 Å². The van der Waals surface area contributed by atoms with E-state index in [4.69, 9.17) is 16.3 Å². The van der Waals surface area contributed by atoms with E-state index in [0.29, 0.717) is 30.3 Å². The van der Waals surface area contributed by atoms with E-state index in [1.165, 1.54) is 0 Å². The average molecular weight is 356 g/mol. The predicted molar refractivity (Wildman–Crippen MR) is 95.3 cm³/mol. The minimum atomic E-state index is -0.591. The molecule has 0 aromatic heterocycles. The summed E-state index contributed by atoms with van der Waals surface area (Å²) >= 11 is 5.82. The number of methoxy groups -OCH3 is 1. The molecule has 3 N–H and O–H groups in total. The molecule has 134 valence electrons. The Morgan fingerprint density at radius 2 is 1.79 bits per heavy atom. The van der Waals surface area contributed by atoms with E-state index in [1.807, 2.05) is 13.8 Å². The van der Waals surface area contributed by atoms with Crippen LogP contribution in [-0.2, 0) is 9.53 Å². The van der Waals surface area contributed by atoms with Gasteiger partial charge in [0.2, 0.25) is 5.91 Å². The molecule has 1 rings (SSSR count). The van der Waals surface area contributed by atoms with Crippen molar-refractivity contribution in [2.45, 2.75) is 19.9 Å². The van der Waals surface area contributed by atoms with Crippen molar-refractivity contribution < 1.29 is 14.3 Å².